The topological polar surface area (TPSA) is 27.1 Å². The van der Waals surface area contributed by atoms with Crippen LogP contribution in [0.15, 0.2) is 0 Å². The minimum Gasteiger partial charge on any atom is -0.358 e. The van der Waals surface area contributed by atoms with Crippen molar-refractivity contribution in [3.8, 4) is 0 Å². The van der Waals surface area contributed by atoms with Gasteiger partial charge in [0.25, 0.3) is 0 Å². The zero-order valence-corrected chi connectivity index (χ0v) is 9.71. The molecule has 0 radical (unpaired) electrons. The van der Waals surface area contributed by atoms with Crippen LogP contribution in [0.5, 0.6) is 0 Å². The van der Waals surface area contributed by atoms with Crippen molar-refractivity contribution in [2.24, 2.45) is 17.8 Å². The number of amidine groups is 1. The highest BCUT2D eigenvalue weighted by molar-refractivity contribution is 5.81. The molecule has 4 unspecified atom stereocenters. The van der Waals surface area contributed by atoms with Crippen molar-refractivity contribution in [3.63, 3.8) is 0 Å². The van der Waals surface area contributed by atoms with Gasteiger partial charge in [-0.15, -0.1) is 0 Å². The van der Waals surface area contributed by atoms with Crippen LogP contribution >= 0.6 is 0 Å². The van der Waals surface area contributed by atoms with Crippen LogP contribution in [0.1, 0.15) is 45.4 Å². The third-order valence-electron chi connectivity index (χ3n) is 5.06. The highest BCUT2D eigenvalue weighted by atomic mass is 15.2. The highest BCUT2D eigenvalue weighted by Gasteiger charge is 2.43. The number of nitrogens with zero attached hydrogens (tertiary/aromatic N) is 1. The Bertz CT molecular complexity index is 274. The Morgan fingerprint density at radius 2 is 2.20 bits per heavy atom. The Hall–Kier alpha value is -0.530. The Balaban J connectivity index is 1.69. The van der Waals surface area contributed by atoms with E-state index >= 15 is 0 Å². The maximum absolute atomic E-state index is 7.96. The van der Waals surface area contributed by atoms with Crippen LogP contribution in [0.4, 0.5) is 0 Å². The molecule has 3 rings (SSSR count). The van der Waals surface area contributed by atoms with E-state index in [2.05, 4.69) is 11.8 Å². The zero-order chi connectivity index (χ0) is 10.4. The van der Waals surface area contributed by atoms with Crippen LogP contribution < -0.4 is 0 Å². The van der Waals surface area contributed by atoms with E-state index in [1.54, 1.807) is 0 Å². The van der Waals surface area contributed by atoms with Gasteiger partial charge in [0.2, 0.25) is 0 Å². The van der Waals surface area contributed by atoms with Gasteiger partial charge in [0.05, 0.1) is 5.84 Å². The minimum absolute atomic E-state index is 0.648. The molecule has 15 heavy (non-hydrogen) atoms. The maximum Gasteiger partial charge on any atom is 0.0960 e. The molecule has 1 N–H and O–H groups in total. The van der Waals surface area contributed by atoms with Crippen LogP contribution in [0, 0.1) is 23.2 Å². The molecule has 84 valence electrons. The molecule has 0 aromatic rings. The van der Waals surface area contributed by atoms with Crippen molar-refractivity contribution in [1.82, 2.24) is 4.90 Å². The molecule has 2 aliphatic carbocycles. The Labute approximate surface area is 92.5 Å². The fourth-order valence-corrected chi connectivity index (χ4v) is 4.26. The first-order valence-electron chi connectivity index (χ1n) is 6.60. The van der Waals surface area contributed by atoms with E-state index in [-0.39, 0.29) is 0 Å². The summed E-state index contributed by atoms with van der Waals surface area (Å²) < 4.78 is 0. The number of likely N-dealkylation sites (tertiary alicyclic amines) is 1. The summed E-state index contributed by atoms with van der Waals surface area (Å²) in [6.45, 7) is 3.51. The summed E-state index contributed by atoms with van der Waals surface area (Å²) in [4.78, 5) is 2.38. The van der Waals surface area contributed by atoms with Gasteiger partial charge in [-0.3, -0.25) is 5.41 Å². The van der Waals surface area contributed by atoms with E-state index in [4.69, 9.17) is 5.41 Å². The molecule has 0 aromatic carbocycles. The van der Waals surface area contributed by atoms with E-state index < -0.39 is 0 Å². The predicted octanol–water partition coefficient (Wildman–Crippen LogP) is 2.88. The van der Waals surface area contributed by atoms with Gasteiger partial charge < -0.3 is 4.90 Å². The summed E-state index contributed by atoms with van der Waals surface area (Å²) in [6, 6.07) is 0.648. The third kappa shape index (κ3) is 1.49. The smallest absolute Gasteiger partial charge is 0.0960 e. The van der Waals surface area contributed by atoms with Crippen molar-refractivity contribution in [1.29, 1.82) is 5.41 Å². The molecular formula is C13H22N2. The summed E-state index contributed by atoms with van der Waals surface area (Å²) in [6.07, 6.45) is 8.15. The summed E-state index contributed by atoms with van der Waals surface area (Å²) in [5.41, 5.74) is 0. The zero-order valence-electron chi connectivity index (χ0n) is 9.71. The second-order valence-electron chi connectivity index (χ2n) is 5.82. The van der Waals surface area contributed by atoms with Crippen molar-refractivity contribution in [3.05, 3.63) is 0 Å². The summed E-state index contributed by atoms with van der Waals surface area (Å²) >= 11 is 0. The number of hydrogen-bond acceptors (Lipinski definition) is 1. The Morgan fingerprint density at radius 3 is 2.73 bits per heavy atom. The molecule has 0 amide bonds. The van der Waals surface area contributed by atoms with E-state index in [1.165, 1.54) is 32.1 Å². The van der Waals surface area contributed by atoms with Crippen molar-refractivity contribution >= 4 is 5.84 Å². The van der Waals surface area contributed by atoms with E-state index in [0.29, 0.717) is 6.04 Å². The molecule has 1 aliphatic heterocycles. The molecule has 4 atom stereocenters. The van der Waals surface area contributed by atoms with Gasteiger partial charge >= 0.3 is 0 Å². The second-order valence-corrected chi connectivity index (χ2v) is 5.82. The number of nitrogens with one attached hydrogen (secondary N) is 1. The van der Waals surface area contributed by atoms with Crippen LogP contribution in [0.25, 0.3) is 0 Å². The number of hydrogen-bond donors (Lipinski definition) is 1. The molecule has 2 nitrogen and oxygen atoms in total. The molecule has 2 heteroatoms. The van der Waals surface area contributed by atoms with Crippen LogP contribution in [-0.2, 0) is 0 Å². The lowest BCUT2D eigenvalue weighted by Gasteiger charge is -2.35. The van der Waals surface area contributed by atoms with Gasteiger partial charge in [-0.1, -0.05) is 6.42 Å². The number of rotatable bonds is 2. The van der Waals surface area contributed by atoms with Gasteiger partial charge in [-0.2, -0.15) is 0 Å². The van der Waals surface area contributed by atoms with Gasteiger partial charge in [-0.05, 0) is 50.4 Å². The molecule has 0 spiro atoms. The Morgan fingerprint density at radius 1 is 1.33 bits per heavy atom. The monoisotopic (exact) mass is 206 g/mol. The summed E-state index contributed by atoms with van der Waals surface area (Å²) in [5, 5.41) is 7.96. The van der Waals surface area contributed by atoms with E-state index in [9.17, 15) is 0 Å². The largest absolute Gasteiger partial charge is 0.358 e. The van der Waals surface area contributed by atoms with Gasteiger partial charge in [0.1, 0.15) is 0 Å². The molecule has 0 aromatic heterocycles. The van der Waals surface area contributed by atoms with Crippen molar-refractivity contribution < 1.29 is 0 Å². The fraction of sp³-hybridized carbons (Fsp3) is 0.923. The summed E-state index contributed by atoms with van der Waals surface area (Å²) in [5.74, 6) is 3.85. The normalized spacial score (nSPS) is 41.5. The average Bonchev–Trinajstić information content (AvgIpc) is 2.91. The lowest BCUT2D eigenvalue weighted by molar-refractivity contribution is 0.191. The second kappa shape index (κ2) is 3.50. The summed E-state index contributed by atoms with van der Waals surface area (Å²) in [7, 11) is 0. The first-order chi connectivity index (χ1) is 7.25. The third-order valence-corrected chi connectivity index (χ3v) is 5.06. The number of fused-ring (bicyclic) bond motifs is 2. The molecule has 2 saturated carbocycles. The maximum atomic E-state index is 7.96. The van der Waals surface area contributed by atoms with Crippen LogP contribution in [-0.4, -0.2) is 23.3 Å². The lowest BCUT2D eigenvalue weighted by Crippen LogP contribution is -2.40. The van der Waals surface area contributed by atoms with Gasteiger partial charge in [-0.25, -0.2) is 0 Å². The first kappa shape index (κ1) is 9.68. The molecule has 3 aliphatic rings. The highest BCUT2D eigenvalue weighted by Crippen LogP contribution is 2.50. The molecule has 2 bridgehead atoms. The average molecular weight is 206 g/mol. The van der Waals surface area contributed by atoms with E-state index in [0.717, 1.165) is 36.6 Å². The minimum atomic E-state index is 0.648. The Kier molecular flexibility index (Phi) is 2.26. The molecule has 1 saturated heterocycles. The molecule has 1 heterocycles. The predicted molar refractivity (Wildman–Crippen MR) is 62.1 cm³/mol. The van der Waals surface area contributed by atoms with E-state index in [1.807, 2.05) is 0 Å². The fourth-order valence-electron chi connectivity index (χ4n) is 4.26. The lowest BCUT2D eigenvalue weighted by atomic mass is 9.83. The molecular weight excluding hydrogens is 184 g/mol. The van der Waals surface area contributed by atoms with Crippen LogP contribution in [0.2, 0.25) is 0 Å². The van der Waals surface area contributed by atoms with Gasteiger partial charge in [0, 0.05) is 19.0 Å². The van der Waals surface area contributed by atoms with Crippen LogP contribution in [0.3, 0.4) is 0 Å². The molecule has 3 fully saturated rings. The SMILES string of the molecule is CC(C1CC2CCC1C2)N1CCCC1=N. The first-order valence-corrected chi connectivity index (χ1v) is 6.60. The standard InChI is InChI=1S/C13H22N2/c1-9(15-6-2-3-13(15)14)12-8-10-4-5-11(12)7-10/h9-12,14H,2-8H2,1H3. The van der Waals surface area contributed by atoms with Gasteiger partial charge in [0.15, 0.2) is 0 Å². The van der Waals surface area contributed by atoms with Crippen molar-refractivity contribution in [2.75, 3.05) is 6.54 Å². The quantitative estimate of drug-likeness (QED) is 0.739. The van der Waals surface area contributed by atoms with Crippen molar-refractivity contribution in [2.45, 2.75) is 51.5 Å².